The van der Waals surface area contributed by atoms with Crippen LogP contribution in [0.1, 0.15) is 26.7 Å². The Labute approximate surface area is 120 Å². The molecule has 0 radical (unpaired) electrons. The Bertz CT molecular complexity index is 460. The molecular weight excluding hydrogens is 252 g/mol. The van der Waals surface area contributed by atoms with Crippen molar-refractivity contribution in [1.29, 1.82) is 0 Å². The third kappa shape index (κ3) is 3.89. The van der Waals surface area contributed by atoms with Gasteiger partial charge >= 0.3 is 0 Å². The van der Waals surface area contributed by atoms with Crippen LogP contribution in [0.4, 0.5) is 5.69 Å². The lowest BCUT2D eigenvalue weighted by Gasteiger charge is -2.18. The van der Waals surface area contributed by atoms with Gasteiger partial charge in [0.15, 0.2) is 0 Å². The maximum Gasteiger partial charge on any atom is 0.222 e. The number of anilines is 1. The van der Waals surface area contributed by atoms with E-state index in [0.29, 0.717) is 30.6 Å². The van der Waals surface area contributed by atoms with Crippen LogP contribution >= 0.6 is 0 Å². The molecule has 1 atom stereocenters. The number of nitrogens with two attached hydrogens (primary N) is 1. The van der Waals surface area contributed by atoms with Crippen LogP contribution in [-0.4, -0.2) is 30.5 Å². The van der Waals surface area contributed by atoms with Gasteiger partial charge < -0.3 is 15.4 Å². The second-order valence-electron chi connectivity index (χ2n) is 5.82. The maximum atomic E-state index is 11.9. The van der Waals surface area contributed by atoms with E-state index in [2.05, 4.69) is 13.8 Å². The maximum absolute atomic E-state index is 11.9. The van der Waals surface area contributed by atoms with Crippen LogP contribution in [0.5, 0.6) is 5.75 Å². The van der Waals surface area contributed by atoms with E-state index in [-0.39, 0.29) is 5.91 Å². The van der Waals surface area contributed by atoms with Crippen molar-refractivity contribution in [3.63, 3.8) is 0 Å². The fraction of sp³-hybridized carbons (Fsp3) is 0.562. The molecule has 110 valence electrons. The standard InChI is InChI=1S/C16H24N2O2/c1-12(2)13-9-16(19)18(11-13)7-4-8-20-15-6-3-5-14(17)10-15/h3,5-6,10,12-13H,4,7-9,11,17H2,1-2H3. The highest BCUT2D eigenvalue weighted by Crippen LogP contribution is 2.24. The number of carbonyl (C=O) groups is 1. The van der Waals surface area contributed by atoms with Crippen LogP contribution in [-0.2, 0) is 4.79 Å². The first-order valence-corrected chi connectivity index (χ1v) is 7.32. The minimum atomic E-state index is 0.285. The number of rotatable bonds is 6. The molecule has 0 spiro atoms. The number of nitrogens with zero attached hydrogens (tertiary/aromatic N) is 1. The van der Waals surface area contributed by atoms with Crippen LogP contribution in [0.3, 0.4) is 0 Å². The SMILES string of the molecule is CC(C)C1CC(=O)N(CCCOc2cccc(N)c2)C1. The summed E-state index contributed by atoms with van der Waals surface area (Å²) in [7, 11) is 0. The molecular formula is C16H24N2O2. The molecule has 2 rings (SSSR count). The summed E-state index contributed by atoms with van der Waals surface area (Å²) in [6.45, 7) is 6.66. The largest absolute Gasteiger partial charge is 0.493 e. The van der Waals surface area contributed by atoms with E-state index >= 15 is 0 Å². The Balaban J connectivity index is 1.70. The minimum absolute atomic E-state index is 0.285. The van der Waals surface area contributed by atoms with Gasteiger partial charge in [-0.3, -0.25) is 4.79 Å². The van der Waals surface area contributed by atoms with E-state index in [0.717, 1.165) is 25.3 Å². The fourth-order valence-corrected chi connectivity index (χ4v) is 2.52. The average Bonchev–Trinajstić information content (AvgIpc) is 2.77. The van der Waals surface area contributed by atoms with E-state index in [9.17, 15) is 4.79 Å². The summed E-state index contributed by atoms with van der Waals surface area (Å²) in [6.07, 6.45) is 1.55. The van der Waals surface area contributed by atoms with Crippen molar-refractivity contribution in [2.45, 2.75) is 26.7 Å². The Morgan fingerprint density at radius 2 is 2.25 bits per heavy atom. The van der Waals surface area contributed by atoms with Crippen molar-refractivity contribution in [1.82, 2.24) is 4.90 Å². The fourth-order valence-electron chi connectivity index (χ4n) is 2.52. The van der Waals surface area contributed by atoms with E-state index in [1.54, 1.807) is 0 Å². The second-order valence-corrected chi connectivity index (χ2v) is 5.82. The molecule has 0 aliphatic carbocycles. The quantitative estimate of drug-likeness (QED) is 0.641. The van der Waals surface area contributed by atoms with Gasteiger partial charge in [0.1, 0.15) is 5.75 Å². The predicted octanol–water partition coefficient (Wildman–Crippen LogP) is 2.54. The van der Waals surface area contributed by atoms with Crippen LogP contribution in [0.15, 0.2) is 24.3 Å². The van der Waals surface area contributed by atoms with Crippen molar-refractivity contribution < 1.29 is 9.53 Å². The monoisotopic (exact) mass is 276 g/mol. The summed E-state index contributed by atoms with van der Waals surface area (Å²) in [5.74, 6) is 2.16. The molecule has 1 aliphatic rings. The third-order valence-electron chi connectivity index (χ3n) is 3.89. The van der Waals surface area contributed by atoms with Crippen LogP contribution in [0, 0.1) is 11.8 Å². The molecule has 2 N–H and O–H groups in total. The van der Waals surface area contributed by atoms with E-state index in [1.165, 1.54) is 0 Å². The first-order chi connectivity index (χ1) is 9.56. The second kappa shape index (κ2) is 6.64. The minimum Gasteiger partial charge on any atom is -0.493 e. The molecule has 0 aromatic heterocycles. The topological polar surface area (TPSA) is 55.6 Å². The van der Waals surface area contributed by atoms with Gasteiger partial charge in [-0.05, 0) is 30.4 Å². The Hall–Kier alpha value is -1.71. The van der Waals surface area contributed by atoms with Crippen LogP contribution < -0.4 is 10.5 Å². The Morgan fingerprint density at radius 1 is 1.45 bits per heavy atom. The predicted molar refractivity (Wildman–Crippen MR) is 80.5 cm³/mol. The van der Waals surface area contributed by atoms with Gasteiger partial charge in [-0.2, -0.15) is 0 Å². The number of ether oxygens (including phenoxy) is 1. The number of likely N-dealkylation sites (tertiary alicyclic amines) is 1. The van der Waals surface area contributed by atoms with E-state index < -0.39 is 0 Å². The van der Waals surface area contributed by atoms with Gasteiger partial charge in [0.25, 0.3) is 0 Å². The molecule has 1 saturated heterocycles. The third-order valence-corrected chi connectivity index (χ3v) is 3.89. The highest BCUT2D eigenvalue weighted by molar-refractivity contribution is 5.78. The lowest BCUT2D eigenvalue weighted by atomic mass is 9.95. The summed E-state index contributed by atoms with van der Waals surface area (Å²) >= 11 is 0. The lowest BCUT2D eigenvalue weighted by Crippen LogP contribution is -2.27. The summed E-state index contributed by atoms with van der Waals surface area (Å²) in [5, 5.41) is 0. The van der Waals surface area contributed by atoms with Gasteiger partial charge in [0.05, 0.1) is 6.61 Å². The van der Waals surface area contributed by atoms with Crippen LogP contribution in [0.2, 0.25) is 0 Å². The van der Waals surface area contributed by atoms with E-state index in [1.807, 2.05) is 29.2 Å². The lowest BCUT2D eigenvalue weighted by molar-refractivity contribution is -0.127. The van der Waals surface area contributed by atoms with Gasteiger partial charge in [-0.15, -0.1) is 0 Å². The molecule has 1 amide bonds. The molecule has 4 nitrogen and oxygen atoms in total. The number of hydrogen-bond acceptors (Lipinski definition) is 3. The molecule has 1 fully saturated rings. The van der Waals surface area contributed by atoms with Gasteiger partial charge in [0, 0.05) is 31.3 Å². The average molecular weight is 276 g/mol. The molecule has 0 saturated carbocycles. The zero-order chi connectivity index (χ0) is 14.5. The normalized spacial score (nSPS) is 18.9. The number of benzene rings is 1. The molecule has 1 aromatic carbocycles. The van der Waals surface area contributed by atoms with Gasteiger partial charge in [-0.1, -0.05) is 19.9 Å². The summed E-state index contributed by atoms with van der Waals surface area (Å²) in [4.78, 5) is 13.8. The van der Waals surface area contributed by atoms with Crippen molar-refractivity contribution in [3.05, 3.63) is 24.3 Å². The van der Waals surface area contributed by atoms with Crippen molar-refractivity contribution in [2.24, 2.45) is 11.8 Å². The molecule has 1 unspecified atom stereocenters. The van der Waals surface area contributed by atoms with E-state index in [4.69, 9.17) is 10.5 Å². The first kappa shape index (κ1) is 14.7. The molecule has 1 aromatic rings. The zero-order valence-electron chi connectivity index (χ0n) is 12.3. The first-order valence-electron chi connectivity index (χ1n) is 7.32. The van der Waals surface area contributed by atoms with Gasteiger partial charge in [0.2, 0.25) is 5.91 Å². The number of hydrogen-bond donors (Lipinski definition) is 1. The van der Waals surface area contributed by atoms with Crippen molar-refractivity contribution >= 4 is 11.6 Å². The molecule has 4 heteroatoms. The number of amides is 1. The Kier molecular flexibility index (Phi) is 4.88. The molecule has 1 heterocycles. The van der Waals surface area contributed by atoms with Gasteiger partial charge in [-0.25, -0.2) is 0 Å². The molecule has 0 bridgehead atoms. The summed E-state index contributed by atoms with van der Waals surface area (Å²) in [5.41, 5.74) is 6.40. The molecule has 20 heavy (non-hydrogen) atoms. The summed E-state index contributed by atoms with van der Waals surface area (Å²) in [6, 6.07) is 7.42. The highest BCUT2D eigenvalue weighted by atomic mass is 16.5. The zero-order valence-corrected chi connectivity index (χ0v) is 12.3. The summed E-state index contributed by atoms with van der Waals surface area (Å²) < 4.78 is 5.64. The molecule has 1 aliphatic heterocycles. The highest BCUT2D eigenvalue weighted by Gasteiger charge is 2.30. The van der Waals surface area contributed by atoms with Crippen molar-refractivity contribution in [3.8, 4) is 5.75 Å². The number of carbonyl (C=O) groups excluding carboxylic acids is 1. The number of nitrogen functional groups attached to an aromatic ring is 1. The Morgan fingerprint density at radius 3 is 2.90 bits per heavy atom. The smallest absolute Gasteiger partial charge is 0.222 e. The van der Waals surface area contributed by atoms with Crippen LogP contribution in [0.25, 0.3) is 0 Å². The van der Waals surface area contributed by atoms with Crippen molar-refractivity contribution in [2.75, 3.05) is 25.4 Å².